The average molecular weight is 291 g/mol. The summed E-state index contributed by atoms with van der Waals surface area (Å²) < 4.78 is 0. The molecule has 0 spiro atoms. The van der Waals surface area contributed by atoms with Crippen molar-refractivity contribution in [1.29, 1.82) is 5.26 Å². The van der Waals surface area contributed by atoms with Crippen molar-refractivity contribution in [3.63, 3.8) is 0 Å². The Labute approximate surface area is 127 Å². The zero-order valence-electron chi connectivity index (χ0n) is 11.2. The number of benzene rings is 2. The second-order valence-electron chi connectivity index (χ2n) is 4.54. The van der Waals surface area contributed by atoms with Gasteiger partial charge in [0.1, 0.15) is 6.07 Å². The Balaban J connectivity index is 1.98. The van der Waals surface area contributed by atoms with E-state index in [1.807, 2.05) is 60.7 Å². The third-order valence-electron chi connectivity index (χ3n) is 3.12. The van der Waals surface area contributed by atoms with Crippen molar-refractivity contribution < 1.29 is 0 Å². The molecule has 2 aromatic carbocycles. The van der Waals surface area contributed by atoms with Crippen molar-refractivity contribution in [2.24, 2.45) is 0 Å². The first kappa shape index (κ1) is 13.3. The van der Waals surface area contributed by atoms with E-state index < -0.39 is 0 Å². The lowest BCUT2D eigenvalue weighted by molar-refractivity contribution is 1.18. The van der Waals surface area contributed by atoms with Crippen LogP contribution in [0.25, 0.3) is 11.3 Å². The van der Waals surface area contributed by atoms with Gasteiger partial charge in [0, 0.05) is 16.3 Å². The van der Waals surface area contributed by atoms with Gasteiger partial charge in [-0.25, -0.2) is 0 Å². The van der Waals surface area contributed by atoms with Gasteiger partial charge in [-0.15, -0.1) is 0 Å². The number of nitrogens with zero attached hydrogens (tertiary/aromatic N) is 1. The summed E-state index contributed by atoms with van der Waals surface area (Å²) in [6.07, 6.45) is 0. The number of nitriles is 1. The molecule has 3 N–H and O–H groups in total. The highest BCUT2D eigenvalue weighted by atomic mass is 32.2. The summed E-state index contributed by atoms with van der Waals surface area (Å²) in [5.41, 5.74) is 9.29. The molecular formula is C17H13N3S. The van der Waals surface area contributed by atoms with Gasteiger partial charge in [0.15, 0.2) is 0 Å². The molecule has 1 heterocycles. The highest BCUT2D eigenvalue weighted by molar-refractivity contribution is 7.99. The van der Waals surface area contributed by atoms with Gasteiger partial charge in [0.05, 0.1) is 10.6 Å². The summed E-state index contributed by atoms with van der Waals surface area (Å²) >= 11 is 1.48. The lowest BCUT2D eigenvalue weighted by Gasteiger charge is -2.03. The van der Waals surface area contributed by atoms with E-state index in [0.29, 0.717) is 11.3 Å². The fraction of sp³-hybridized carbons (Fsp3) is 0. The lowest BCUT2D eigenvalue weighted by Crippen LogP contribution is -1.87. The minimum absolute atomic E-state index is 0.627. The number of H-pyrrole nitrogens is 1. The maximum Gasteiger partial charge on any atom is 0.102 e. The van der Waals surface area contributed by atoms with Crippen molar-refractivity contribution in [2.75, 3.05) is 5.73 Å². The van der Waals surface area contributed by atoms with Crippen LogP contribution in [0.4, 0.5) is 5.69 Å². The van der Waals surface area contributed by atoms with Gasteiger partial charge in [0.25, 0.3) is 0 Å². The van der Waals surface area contributed by atoms with Crippen LogP contribution in [0, 0.1) is 11.3 Å². The molecule has 0 unspecified atom stereocenters. The summed E-state index contributed by atoms with van der Waals surface area (Å²) in [5.74, 6) is 0. The van der Waals surface area contributed by atoms with Gasteiger partial charge in [0.2, 0.25) is 0 Å². The Kier molecular flexibility index (Phi) is 3.67. The van der Waals surface area contributed by atoms with E-state index in [4.69, 9.17) is 5.73 Å². The maximum absolute atomic E-state index is 9.31. The number of anilines is 1. The molecular weight excluding hydrogens is 278 g/mol. The minimum atomic E-state index is 0.627. The van der Waals surface area contributed by atoms with Gasteiger partial charge in [-0.3, -0.25) is 0 Å². The fourth-order valence-electron chi connectivity index (χ4n) is 2.06. The molecule has 0 amide bonds. The highest BCUT2D eigenvalue weighted by Crippen LogP contribution is 2.35. The van der Waals surface area contributed by atoms with Crippen LogP contribution in [0.1, 0.15) is 5.56 Å². The second kappa shape index (κ2) is 5.78. The quantitative estimate of drug-likeness (QED) is 0.707. The topological polar surface area (TPSA) is 65.6 Å². The summed E-state index contributed by atoms with van der Waals surface area (Å²) in [6.45, 7) is 0. The van der Waals surface area contributed by atoms with Gasteiger partial charge in [-0.05, 0) is 23.8 Å². The second-order valence-corrected chi connectivity index (χ2v) is 5.60. The summed E-state index contributed by atoms with van der Waals surface area (Å²) in [4.78, 5) is 4.25. The zero-order chi connectivity index (χ0) is 14.7. The number of rotatable bonds is 3. The third-order valence-corrected chi connectivity index (χ3v) is 4.24. The van der Waals surface area contributed by atoms with Crippen LogP contribution in [0.15, 0.2) is 70.6 Å². The first-order valence-corrected chi connectivity index (χ1v) is 7.30. The van der Waals surface area contributed by atoms with Crippen molar-refractivity contribution in [3.05, 3.63) is 66.2 Å². The molecule has 0 saturated heterocycles. The Morgan fingerprint density at radius 2 is 1.71 bits per heavy atom. The Bertz CT molecular complexity index is 800. The fourth-order valence-corrected chi connectivity index (χ4v) is 2.98. The molecule has 3 rings (SSSR count). The number of hydrogen-bond donors (Lipinski definition) is 2. The smallest absolute Gasteiger partial charge is 0.102 e. The minimum Gasteiger partial charge on any atom is -0.398 e. The normalized spacial score (nSPS) is 10.2. The Morgan fingerprint density at radius 3 is 2.43 bits per heavy atom. The van der Waals surface area contributed by atoms with E-state index in [1.54, 1.807) is 0 Å². The van der Waals surface area contributed by atoms with Crippen LogP contribution in [-0.2, 0) is 0 Å². The summed E-state index contributed by atoms with van der Waals surface area (Å²) in [5, 5.41) is 10.1. The van der Waals surface area contributed by atoms with Crippen molar-refractivity contribution in [1.82, 2.24) is 4.98 Å². The van der Waals surface area contributed by atoms with Crippen molar-refractivity contribution in [2.45, 2.75) is 9.92 Å². The van der Waals surface area contributed by atoms with Gasteiger partial charge < -0.3 is 10.7 Å². The molecule has 0 atom stereocenters. The summed E-state index contributed by atoms with van der Waals surface area (Å²) in [6, 6.07) is 21.7. The molecule has 0 saturated carbocycles. The molecule has 4 heteroatoms. The zero-order valence-corrected chi connectivity index (χ0v) is 12.0. The van der Waals surface area contributed by atoms with Crippen LogP contribution in [0.5, 0.6) is 0 Å². The number of aromatic amines is 1. The maximum atomic E-state index is 9.31. The third kappa shape index (κ3) is 2.78. The van der Waals surface area contributed by atoms with Crippen LogP contribution in [0.2, 0.25) is 0 Å². The lowest BCUT2D eigenvalue weighted by atomic mass is 10.1. The number of aromatic nitrogens is 1. The van der Waals surface area contributed by atoms with Crippen LogP contribution in [0.3, 0.4) is 0 Å². The Hall–Kier alpha value is -2.64. The monoisotopic (exact) mass is 291 g/mol. The SMILES string of the molecule is N#Cc1cc(-c2ccccc2)[nH]c1Sc1ccccc1N. The number of hydrogen-bond acceptors (Lipinski definition) is 3. The predicted molar refractivity (Wildman–Crippen MR) is 85.9 cm³/mol. The first-order chi connectivity index (χ1) is 10.3. The molecule has 21 heavy (non-hydrogen) atoms. The predicted octanol–water partition coefficient (Wildman–Crippen LogP) is 4.29. The van der Waals surface area contributed by atoms with Crippen LogP contribution in [-0.4, -0.2) is 4.98 Å². The summed E-state index contributed by atoms with van der Waals surface area (Å²) in [7, 11) is 0. The molecule has 0 aliphatic carbocycles. The van der Waals surface area contributed by atoms with Gasteiger partial charge in [-0.2, -0.15) is 5.26 Å². The van der Waals surface area contributed by atoms with Crippen molar-refractivity contribution >= 4 is 17.4 Å². The van der Waals surface area contributed by atoms with Crippen LogP contribution < -0.4 is 5.73 Å². The number of nitrogen functional groups attached to an aromatic ring is 1. The van der Waals surface area contributed by atoms with E-state index in [-0.39, 0.29) is 0 Å². The molecule has 0 aliphatic heterocycles. The molecule has 3 aromatic rings. The van der Waals surface area contributed by atoms with E-state index in [0.717, 1.165) is 21.2 Å². The molecule has 0 radical (unpaired) electrons. The first-order valence-electron chi connectivity index (χ1n) is 6.49. The van der Waals surface area contributed by atoms with E-state index in [2.05, 4.69) is 11.1 Å². The Morgan fingerprint density at radius 1 is 1.00 bits per heavy atom. The average Bonchev–Trinajstić information content (AvgIpc) is 2.93. The van der Waals surface area contributed by atoms with Gasteiger partial charge >= 0.3 is 0 Å². The van der Waals surface area contributed by atoms with Crippen LogP contribution >= 0.6 is 11.8 Å². The van der Waals surface area contributed by atoms with Gasteiger partial charge in [-0.1, -0.05) is 54.2 Å². The molecule has 1 aromatic heterocycles. The van der Waals surface area contributed by atoms with E-state index in [1.165, 1.54) is 11.8 Å². The standard InChI is InChI=1S/C17H13N3S/c18-11-13-10-15(12-6-2-1-3-7-12)20-17(13)21-16-9-5-4-8-14(16)19/h1-10,20H,19H2. The van der Waals surface area contributed by atoms with E-state index >= 15 is 0 Å². The van der Waals surface area contributed by atoms with Crippen molar-refractivity contribution in [3.8, 4) is 17.3 Å². The molecule has 0 fully saturated rings. The molecule has 0 aliphatic rings. The number of para-hydroxylation sites is 1. The molecule has 0 bridgehead atoms. The van der Waals surface area contributed by atoms with E-state index in [9.17, 15) is 5.26 Å². The highest BCUT2D eigenvalue weighted by Gasteiger charge is 2.11. The largest absolute Gasteiger partial charge is 0.398 e. The molecule has 3 nitrogen and oxygen atoms in total. The number of nitrogens with two attached hydrogens (primary N) is 1. The number of nitrogens with one attached hydrogen (secondary N) is 1. The molecule has 102 valence electrons.